The number of Topliss-reactive ketones (excluding diaryl/α,β-unsaturated/α-hetero) is 1. The first-order chi connectivity index (χ1) is 14.9. The van der Waals surface area contributed by atoms with Crippen LogP contribution in [0.3, 0.4) is 0 Å². The van der Waals surface area contributed by atoms with Gasteiger partial charge in [-0.25, -0.2) is 4.79 Å². The molecule has 1 heterocycles. The van der Waals surface area contributed by atoms with Crippen molar-refractivity contribution in [3.05, 3.63) is 117 Å². The van der Waals surface area contributed by atoms with Crippen LogP contribution in [0.15, 0.2) is 88.1 Å². The van der Waals surface area contributed by atoms with Gasteiger partial charge in [0.05, 0.1) is 5.56 Å². The first kappa shape index (κ1) is 20.3. The second-order valence-electron chi connectivity index (χ2n) is 7.48. The molecule has 4 aromatic rings. The maximum absolute atomic E-state index is 13.3. The van der Waals surface area contributed by atoms with Crippen LogP contribution in [0.5, 0.6) is 0 Å². The van der Waals surface area contributed by atoms with E-state index in [-0.39, 0.29) is 11.3 Å². The molecule has 0 aliphatic carbocycles. The molecule has 0 saturated carbocycles. The third kappa shape index (κ3) is 4.16. The molecule has 0 radical (unpaired) electrons. The van der Waals surface area contributed by atoms with E-state index in [4.69, 9.17) is 4.42 Å². The third-order valence-electron chi connectivity index (χ3n) is 5.16. The van der Waals surface area contributed by atoms with Gasteiger partial charge in [0.2, 0.25) is 0 Å². The summed E-state index contributed by atoms with van der Waals surface area (Å²) in [6.07, 6.45) is 0. The lowest BCUT2D eigenvalue weighted by atomic mass is 9.96. The van der Waals surface area contributed by atoms with Gasteiger partial charge in [-0.1, -0.05) is 66.7 Å². The minimum absolute atomic E-state index is 0.186. The minimum atomic E-state index is -0.899. The van der Waals surface area contributed by atoms with Gasteiger partial charge in [0, 0.05) is 17.0 Å². The van der Waals surface area contributed by atoms with Crippen LogP contribution in [0.4, 0.5) is 0 Å². The van der Waals surface area contributed by atoms with Crippen LogP contribution < -0.4 is 10.9 Å². The number of carbonyl (C=O) groups is 2. The molecule has 3 aromatic carbocycles. The number of hydrogen-bond donors (Lipinski definition) is 1. The minimum Gasteiger partial charge on any atom is -0.423 e. The van der Waals surface area contributed by atoms with Gasteiger partial charge >= 0.3 is 5.63 Å². The summed E-state index contributed by atoms with van der Waals surface area (Å²) in [6.45, 7) is 3.75. The summed E-state index contributed by atoms with van der Waals surface area (Å²) in [5, 5.41) is 3.40. The number of fused-ring (bicyclic) bond motifs is 1. The molecule has 5 heteroatoms. The number of amides is 1. The summed E-state index contributed by atoms with van der Waals surface area (Å²) >= 11 is 0. The van der Waals surface area contributed by atoms with E-state index in [0.29, 0.717) is 22.1 Å². The fourth-order valence-corrected chi connectivity index (χ4v) is 3.78. The Kier molecular flexibility index (Phi) is 5.50. The quantitative estimate of drug-likeness (QED) is 0.379. The van der Waals surface area contributed by atoms with E-state index in [9.17, 15) is 14.4 Å². The van der Waals surface area contributed by atoms with Gasteiger partial charge in [-0.2, -0.15) is 0 Å². The van der Waals surface area contributed by atoms with Crippen molar-refractivity contribution in [1.82, 2.24) is 5.32 Å². The maximum Gasteiger partial charge on any atom is 0.337 e. The summed E-state index contributed by atoms with van der Waals surface area (Å²) < 4.78 is 5.32. The summed E-state index contributed by atoms with van der Waals surface area (Å²) in [5.41, 5.74) is 2.80. The summed E-state index contributed by atoms with van der Waals surface area (Å²) in [6, 6.07) is 21.8. The number of benzene rings is 3. The number of carbonyl (C=O) groups excluding carboxylic acids is 2. The first-order valence-electron chi connectivity index (χ1n) is 9.94. The molecule has 0 bridgehead atoms. The maximum atomic E-state index is 13.3. The Morgan fingerprint density at radius 1 is 0.871 bits per heavy atom. The number of ketones is 1. The summed E-state index contributed by atoms with van der Waals surface area (Å²) in [7, 11) is 0. The molecule has 1 atom stereocenters. The van der Waals surface area contributed by atoms with Gasteiger partial charge in [-0.15, -0.1) is 0 Å². The van der Waals surface area contributed by atoms with Gasteiger partial charge in [0.1, 0.15) is 11.6 Å². The van der Waals surface area contributed by atoms with Crippen LogP contribution in [-0.2, 0) is 0 Å². The van der Waals surface area contributed by atoms with Gasteiger partial charge in [0.25, 0.3) is 5.91 Å². The van der Waals surface area contributed by atoms with E-state index in [2.05, 4.69) is 5.32 Å². The molecule has 5 nitrogen and oxygen atoms in total. The predicted octanol–water partition coefficient (Wildman–Crippen LogP) is 4.76. The standard InChI is InChI=1S/C26H21NO4/c1-16-13-17(2)23-20(15-22(28)31-21(23)14-16)26(30)27-24(18-9-5-3-6-10-18)25(29)19-11-7-4-8-12-19/h3-15,24H,1-2H3,(H,27,30). The molecule has 31 heavy (non-hydrogen) atoms. The van der Waals surface area contributed by atoms with Crippen LogP contribution in [0, 0.1) is 13.8 Å². The van der Waals surface area contributed by atoms with Crippen LogP contribution in [0.1, 0.15) is 43.4 Å². The number of aryl methyl sites for hydroxylation is 2. The molecule has 4 rings (SSSR count). The van der Waals surface area contributed by atoms with Crippen molar-refractivity contribution in [2.45, 2.75) is 19.9 Å². The molecule has 154 valence electrons. The van der Waals surface area contributed by atoms with Crippen molar-refractivity contribution in [3.8, 4) is 0 Å². The predicted molar refractivity (Wildman–Crippen MR) is 119 cm³/mol. The SMILES string of the molecule is Cc1cc(C)c2c(C(=O)NC(C(=O)c3ccccc3)c3ccccc3)cc(=O)oc2c1. The highest BCUT2D eigenvalue weighted by atomic mass is 16.4. The van der Waals surface area contributed by atoms with Crippen LogP contribution >= 0.6 is 0 Å². The fourth-order valence-electron chi connectivity index (χ4n) is 3.78. The van der Waals surface area contributed by atoms with E-state index in [1.54, 1.807) is 42.5 Å². The second kappa shape index (κ2) is 8.40. The number of nitrogens with one attached hydrogen (secondary N) is 1. The lowest BCUT2D eigenvalue weighted by Gasteiger charge is -2.19. The smallest absolute Gasteiger partial charge is 0.337 e. The molecule has 0 spiro atoms. The van der Waals surface area contributed by atoms with E-state index in [1.807, 2.05) is 44.2 Å². The normalized spacial score (nSPS) is 11.8. The average Bonchev–Trinajstić information content (AvgIpc) is 2.77. The highest BCUT2D eigenvalue weighted by molar-refractivity contribution is 6.09. The molecule has 0 saturated heterocycles. The zero-order valence-corrected chi connectivity index (χ0v) is 17.2. The Morgan fingerprint density at radius 3 is 2.19 bits per heavy atom. The van der Waals surface area contributed by atoms with Crippen molar-refractivity contribution >= 4 is 22.7 Å². The topological polar surface area (TPSA) is 76.4 Å². The molecule has 0 fully saturated rings. The van der Waals surface area contributed by atoms with Crippen molar-refractivity contribution in [2.24, 2.45) is 0 Å². The Hall–Kier alpha value is -3.99. The van der Waals surface area contributed by atoms with Crippen LogP contribution in [-0.4, -0.2) is 11.7 Å². The fraction of sp³-hybridized carbons (Fsp3) is 0.115. The van der Waals surface area contributed by atoms with Crippen molar-refractivity contribution in [1.29, 1.82) is 0 Å². The first-order valence-corrected chi connectivity index (χ1v) is 9.94. The molecule has 0 aliphatic heterocycles. The molecular weight excluding hydrogens is 390 g/mol. The number of hydrogen-bond acceptors (Lipinski definition) is 4. The van der Waals surface area contributed by atoms with Crippen molar-refractivity contribution < 1.29 is 14.0 Å². The summed E-state index contributed by atoms with van der Waals surface area (Å²) in [5.74, 6) is -0.747. The Balaban J connectivity index is 1.79. The van der Waals surface area contributed by atoms with Gasteiger partial charge in [-0.3, -0.25) is 9.59 Å². The lowest BCUT2D eigenvalue weighted by Crippen LogP contribution is -2.34. The largest absolute Gasteiger partial charge is 0.423 e. The van der Waals surface area contributed by atoms with E-state index >= 15 is 0 Å². The average molecular weight is 411 g/mol. The molecule has 1 N–H and O–H groups in total. The zero-order chi connectivity index (χ0) is 22.0. The Morgan fingerprint density at radius 2 is 1.52 bits per heavy atom. The Labute approximate surface area is 179 Å². The second-order valence-corrected chi connectivity index (χ2v) is 7.48. The van der Waals surface area contributed by atoms with Crippen molar-refractivity contribution in [3.63, 3.8) is 0 Å². The number of rotatable bonds is 5. The monoisotopic (exact) mass is 411 g/mol. The van der Waals surface area contributed by atoms with Gasteiger partial charge in [-0.05, 0) is 36.6 Å². The molecule has 1 aromatic heterocycles. The van der Waals surface area contributed by atoms with E-state index in [0.717, 1.165) is 11.1 Å². The highest BCUT2D eigenvalue weighted by Gasteiger charge is 2.26. The third-order valence-corrected chi connectivity index (χ3v) is 5.16. The van der Waals surface area contributed by atoms with E-state index in [1.165, 1.54) is 6.07 Å². The zero-order valence-electron chi connectivity index (χ0n) is 17.2. The van der Waals surface area contributed by atoms with E-state index < -0.39 is 17.6 Å². The molecule has 1 unspecified atom stereocenters. The Bertz CT molecular complexity index is 1320. The summed E-state index contributed by atoms with van der Waals surface area (Å²) in [4.78, 5) is 38.7. The lowest BCUT2D eigenvalue weighted by molar-refractivity contribution is 0.0857. The van der Waals surface area contributed by atoms with Crippen LogP contribution in [0.25, 0.3) is 11.0 Å². The molecule has 1 amide bonds. The highest BCUT2D eigenvalue weighted by Crippen LogP contribution is 2.25. The van der Waals surface area contributed by atoms with Crippen molar-refractivity contribution in [2.75, 3.05) is 0 Å². The van der Waals surface area contributed by atoms with Gasteiger partial charge in [0.15, 0.2) is 5.78 Å². The van der Waals surface area contributed by atoms with Gasteiger partial charge < -0.3 is 9.73 Å². The van der Waals surface area contributed by atoms with Crippen LogP contribution in [0.2, 0.25) is 0 Å². The molecular formula is C26H21NO4. The molecule has 0 aliphatic rings.